The number of aromatic nitrogens is 3. The minimum absolute atomic E-state index is 0.393. The highest BCUT2D eigenvalue weighted by Gasteiger charge is 2.31. The molecule has 0 saturated carbocycles. The van der Waals surface area contributed by atoms with Crippen molar-refractivity contribution in [3.8, 4) is 22.9 Å². The van der Waals surface area contributed by atoms with Gasteiger partial charge in [-0.1, -0.05) is 0 Å². The number of benzene rings is 1. The Kier molecular flexibility index (Phi) is 3.38. The average Bonchev–Trinajstić information content (AvgIpc) is 3.20. The highest BCUT2D eigenvalue weighted by atomic mass is 19.4. The zero-order valence-electron chi connectivity index (χ0n) is 13.1. The van der Waals surface area contributed by atoms with Crippen LogP contribution in [0.5, 0.6) is 0 Å². The molecule has 0 bridgehead atoms. The van der Waals surface area contributed by atoms with Crippen molar-refractivity contribution in [2.75, 3.05) is 0 Å². The number of pyridine rings is 1. The molecule has 0 amide bonds. The van der Waals surface area contributed by atoms with E-state index in [1.54, 1.807) is 42.2 Å². The standard InChI is InChI=1S/C18H12F3N3O/c1-24-14-9-12(18(19,20)21)4-5-13(14)23-17(24)16-7-6-15(25-16)11-3-2-8-22-10-11/h2-10H,1H3. The van der Waals surface area contributed by atoms with E-state index in [0.717, 1.165) is 17.7 Å². The third-order valence-corrected chi connectivity index (χ3v) is 3.98. The fourth-order valence-electron chi connectivity index (χ4n) is 2.71. The Morgan fingerprint density at radius 3 is 2.56 bits per heavy atom. The zero-order valence-corrected chi connectivity index (χ0v) is 13.1. The van der Waals surface area contributed by atoms with E-state index in [9.17, 15) is 13.2 Å². The van der Waals surface area contributed by atoms with Crippen molar-refractivity contribution in [1.82, 2.24) is 14.5 Å². The van der Waals surface area contributed by atoms with Crippen molar-refractivity contribution in [3.63, 3.8) is 0 Å². The van der Waals surface area contributed by atoms with Gasteiger partial charge < -0.3 is 8.98 Å². The van der Waals surface area contributed by atoms with Crippen LogP contribution in [0.15, 0.2) is 59.3 Å². The Bertz CT molecular complexity index is 1050. The summed E-state index contributed by atoms with van der Waals surface area (Å²) in [5.74, 6) is 1.56. The summed E-state index contributed by atoms with van der Waals surface area (Å²) < 4.78 is 46.2. The largest absolute Gasteiger partial charge is 0.453 e. The van der Waals surface area contributed by atoms with Crippen molar-refractivity contribution < 1.29 is 17.6 Å². The lowest BCUT2D eigenvalue weighted by atomic mass is 10.2. The van der Waals surface area contributed by atoms with E-state index in [1.165, 1.54) is 6.07 Å². The van der Waals surface area contributed by atoms with Crippen LogP contribution < -0.4 is 0 Å². The number of furan rings is 1. The fourth-order valence-corrected chi connectivity index (χ4v) is 2.71. The Morgan fingerprint density at radius 1 is 1.04 bits per heavy atom. The quantitative estimate of drug-likeness (QED) is 0.519. The second-order valence-electron chi connectivity index (χ2n) is 5.60. The second-order valence-corrected chi connectivity index (χ2v) is 5.60. The Morgan fingerprint density at radius 2 is 1.84 bits per heavy atom. The molecule has 0 spiro atoms. The maximum Gasteiger partial charge on any atom is 0.416 e. The van der Waals surface area contributed by atoms with Crippen molar-refractivity contribution in [2.24, 2.45) is 7.05 Å². The highest BCUT2D eigenvalue weighted by molar-refractivity contribution is 5.80. The molecule has 4 aromatic rings. The van der Waals surface area contributed by atoms with Crippen LogP contribution in [0.25, 0.3) is 33.9 Å². The van der Waals surface area contributed by atoms with Gasteiger partial charge in [0.05, 0.1) is 16.6 Å². The third kappa shape index (κ3) is 2.67. The molecule has 0 saturated heterocycles. The number of halogens is 3. The topological polar surface area (TPSA) is 43.9 Å². The van der Waals surface area contributed by atoms with Crippen LogP contribution in [0.1, 0.15) is 5.56 Å². The van der Waals surface area contributed by atoms with E-state index in [0.29, 0.717) is 28.4 Å². The first-order valence-electron chi connectivity index (χ1n) is 7.48. The average molecular weight is 343 g/mol. The Labute approximate surface area is 140 Å². The van der Waals surface area contributed by atoms with E-state index in [1.807, 2.05) is 6.07 Å². The molecule has 126 valence electrons. The number of rotatable bonds is 2. The minimum Gasteiger partial charge on any atom is -0.453 e. The molecule has 0 aliphatic rings. The number of alkyl halides is 3. The molecule has 0 unspecified atom stereocenters. The first-order valence-corrected chi connectivity index (χ1v) is 7.48. The van der Waals surface area contributed by atoms with E-state index in [2.05, 4.69) is 9.97 Å². The van der Waals surface area contributed by atoms with E-state index >= 15 is 0 Å². The summed E-state index contributed by atoms with van der Waals surface area (Å²) in [5.41, 5.74) is 0.978. The molecular weight excluding hydrogens is 331 g/mol. The van der Waals surface area contributed by atoms with Crippen LogP contribution in [0, 0.1) is 0 Å². The van der Waals surface area contributed by atoms with Gasteiger partial charge in [0.15, 0.2) is 11.6 Å². The number of hydrogen-bond donors (Lipinski definition) is 0. The van der Waals surface area contributed by atoms with Crippen LogP contribution in [-0.4, -0.2) is 14.5 Å². The molecule has 7 heteroatoms. The summed E-state index contributed by atoms with van der Waals surface area (Å²) in [6, 6.07) is 10.7. The normalized spacial score (nSPS) is 12.0. The molecule has 0 aliphatic heterocycles. The van der Waals surface area contributed by atoms with Crippen LogP contribution in [-0.2, 0) is 13.2 Å². The minimum atomic E-state index is -4.39. The first kappa shape index (κ1) is 15.4. The molecule has 3 aromatic heterocycles. The third-order valence-electron chi connectivity index (χ3n) is 3.98. The van der Waals surface area contributed by atoms with Gasteiger partial charge in [0.25, 0.3) is 0 Å². The van der Waals surface area contributed by atoms with Crippen LogP contribution >= 0.6 is 0 Å². The predicted molar refractivity (Wildman–Crippen MR) is 86.6 cm³/mol. The molecule has 0 fully saturated rings. The summed E-state index contributed by atoms with van der Waals surface area (Å²) in [4.78, 5) is 8.44. The molecule has 0 N–H and O–H groups in total. The van der Waals surface area contributed by atoms with Crippen molar-refractivity contribution in [2.45, 2.75) is 6.18 Å². The van der Waals surface area contributed by atoms with Crippen molar-refractivity contribution in [3.05, 3.63) is 60.4 Å². The molecule has 3 heterocycles. The maximum absolute atomic E-state index is 12.9. The van der Waals surface area contributed by atoms with Crippen LogP contribution in [0.2, 0.25) is 0 Å². The van der Waals surface area contributed by atoms with Crippen LogP contribution in [0.3, 0.4) is 0 Å². The number of fused-ring (bicyclic) bond motifs is 1. The molecule has 0 radical (unpaired) electrons. The van der Waals surface area contributed by atoms with Gasteiger partial charge in [-0.3, -0.25) is 4.98 Å². The predicted octanol–water partition coefficient (Wildman–Crippen LogP) is 4.91. The molecule has 0 atom stereocenters. The summed E-state index contributed by atoms with van der Waals surface area (Å²) in [6.07, 6.45) is -1.05. The van der Waals surface area contributed by atoms with Gasteiger partial charge in [-0.05, 0) is 42.5 Å². The number of imidazole rings is 1. The highest BCUT2D eigenvalue weighted by Crippen LogP contribution is 2.33. The number of aryl methyl sites for hydroxylation is 1. The zero-order chi connectivity index (χ0) is 17.6. The van der Waals surface area contributed by atoms with Gasteiger partial charge in [-0.25, -0.2) is 4.98 Å². The molecule has 1 aromatic carbocycles. The molecule has 4 rings (SSSR count). The van der Waals surface area contributed by atoms with Gasteiger partial charge in [0, 0.05) is 25.0 Å². The lowest BCUT2D eigenvalue weighted by Crippen LogP contribution is -2.04. The van der Waals surface area contributed by atoms with Crippen molar-refractivity contribution in [1.29, 1.82) is 0 Å². The van der Waals surface area contributed by atoms with Gasteiger partial charge in [-0.2, -0.15) is 13.2 Å². The van der Waals surface area contributed by atoms with Crippen LogP contribution in [0.4, 0.5) is 13.2 Å². The Balaban J connectivity index is 1.80. The summed E-state index contributed by atoms with van der Waals surface area (Å²) in [5, 5.41) is 0. The fraction of sp³-hybridized carbons (Fsp3) is 0.111. The first-order chi connectivity index (χ1) is 11.9. The van der Waals surface area contributed by atoms with Gasteiger partial charge in [0.2, 0.25) is 0 Å². The van der Waals surface area contributed by atoms with Gasteiger partial charge in [0.1, 0.15) is 5.76 Å². The second kappa shape index (κ2) is 5.47. The summed E-state index contributed by atoms with van der Waals surface area (Å²) >= 11 is 0. The monoisotopic (exact) mass is 343 g/mol. The lowest BCUT2D eigenvalue weighted by molar-refractivity contribution is -0.137. The van der Waals surface area contributed by atoms with Gasteiger partial charge >= 0.3 is 6.18 Å². The molecular formula is C18H12F3N3O. The number of nitrogens with zero attached hydrogens (tertiary/aromatic N) is 3. The van der Waals surface area contributed by atoms with E-state index in [-0.39, 0.29) is 0 Å². The lowest BCUT2D eigenvalue weighted by Gasteiger charge is -2.06. The summed E-state index contributed by atoms with van der Waals surface area (Å²) in [6.45, 7) is 0. The SMILES string of the molecule is Cn1c(-c2ccc(-c3cccnc3)o2)nc2ccc(C(F)(F)F)cc21. The molecule has 4 nitrogen and oxygen atoms in total. The number of hydrogen-bond acceptors (Lipinski definition) is 3. The maximum atomic E-state index is 12.9. The van der Waals surface area contributed by atoms with Gasteiger partial charge in [-0.15, -0.1) is 0 Å². The molecule has 25 heavy (non-hydrogen) atoms. The van der Waals surface area contributed by atoms with E-state index in [4.69, 9.17) is 4.42 Å². The molecule has 0 aliphatic carbocycles. The Hall–Kier alpha value is -3.09. The van der Waals surface area contributed by atoms with Crippen molar-refractivity contribution >= 4 is 11.0 Å². The summed E-state index contributed by atoms with van der Waals surface area (Å²) in [7, 11) is 1.66. The van der Waals surface area contributed by atoms with E-state index < -0.39 is 11.7 Å². The smallest absolute Gasteiger partial charge is 0.416 e.